The number of non-ortho nitro benzene ring substituents is 1. The number of benzene rings is 1. The van der Waals surface area contributed by atoms with Crippen molar-refractivity contribution in [2.75, 3.05) is 5.73 Å². The number of hydrogen-bond donors (Lipinski definition) is 1. The lowest BCUT2D eigenvalue weighted by atomic mass is 10.3. The van der Waals surface area contributed by atoms with Crippen LogP contribution in [0.15, 0.2) is 27.1 Å². The van der Waals surface area contributed by atoms with Gasteiger partial charge in [-0.2, -0.15) is 0 Å². The summed E-state index contributed by atoms with van der Waals surface area (Å²) in [6.07, 6.45) is 0. The van der Waals surface area contributed by atoms with Gasteiger partial charge in [-0.05, 0) is 38.8 Å². The zero-order chi connectivity index (χ0) is 15.6. The van der Waals surface area contributed by atoms with Crippen LogP contribution in [0.25, 0.3) is 0 Å². The number of halogens is 2. The van der Waals surface area contributed by atoms with Crippen LogP contribution in [0, 0.1) is 17.0 Å². The van der Waals surface area contributed by atoms with E-state index in [1.165, 1.54) is 12.1 Å². The third kappa shape index (κ3) is 3.88. The summed E-state index contributed by atoms with van der Waals surface area (Å²) in [5.41, 5.74) is 6.34. The third-order valence-corrected chi connectivity index (χ3v) is 3.64. The van der Waals surface area contributed by atoms with E-state index in [2.05, 4.69) is 41.8 Å². The highest BCUT2D eigenvalue weighted by Crippen LogP contribution is 2.37. The number of nitro groups is 1. The van der Waals surface area contributed by atoms with Crippen molar-refractivity contribution in [1.82, 2.24) is 9.97 Å². The SMILES string of the molecule is Cc1cc(N)nc(COc2c(Br)cc([N+](=O)[O-])cc2Br)n1. The largest absolute Gasteiger partial charge is 0.483 e. The molecule has 2 rings (SSSR count). The van der Waals surface area contributed by atoms with Gasteiger partial charge in [-0.3, -0.25) is 10.1 Å². The monoisotopic (exact) mass is 416 g/mol. The number of ether oxygens (including phenoxy) is 1. The highest BCUT2D eigenvalue weighted by Gasteiger charge is 2.15. The van der Waals surface area contributed by atoms with Crippen LogP contribution < -0.4 is 10.5 Å². The lowest BCUT2D eigenvalue weighted by Crippen LogP contribution is -2.06. The van der Waals surface area contributed by atoms with Crippen molar-refractivity contribution >= 4 is 43.4 Å². The van der Waals surface area contributed by atoms with Gasteiger partial charge < -0.3 is 10.5 Å². The van der Waals surface area contributed by atoms with E-state index in [0.717, 1.165) is 5.69 Å². The molecule has 0 aliphatic rings. The molecule has 1 aromatic carbocycles. The number of anilines is 1. The number of aryl methyl sites for hydroxylation is 1. The van der Waals surface area contributed by atoms with Crippen LogP contribution in [0.2, 0.25) is 0 Å². The van der Waals surface area contributed by atoms with Gasteiger partial charge in [0.25, 0.3) is 5.69 Å². The number of rotatable bonds is 4. The Morgan fingerprint density at radius 1 is 1.29 bits per heavy atom. The minimum Gasteiger partial charge on any atom is -0.483 e. The molecule has 0 saturated carbocycles. The van der Waals surface area contributed by atoms with Crippen molar-refractivity contribution in [3.05, 3.63) is 48.8 Å². The molecule has 110 valence electrons. The summed E-state index contributed by atoms with van der Waals surface area (Å²) in [7, 11) is 0. The van der Waals surface area contributed by atoms with Gasteiger partial charge in [0.2, 0.25) is 0 Å². The molecule has 2 N–H and O–H groups in total. The summed E-state index contributed by atoms with van der Waals surface area (Å²) < 4.78 is 6.53. The van der Waals surface area contributed by atoms with Gasteiger partial charge in [0.1, 0.15) is 18.2 Å². The van der Waals surface area contributed by atoms with Gasteiger partial charge in [-0.1, -0.05) is 0 Å². The molecule has 0 bridgehead atoms. The van der Waals surface area contributed by atoms with Crippen molar-refractivity contribution in [3.63, 3.8) is 0 Å². The van der Waals surface area contributed by atoms with Gasteiger partial charge in [0.15, 0.2) is 5.82 Å². The number of aromatic nitrogens is 2. The first-order valence-corrected chi connectivity index (χ1v) is 7.31. The van der Waals surface area contributed by atoms with Crippen molar-refractivity contribution in [2.45, 2.75) is 13.5 Å². The summed E-state index contributed by atoms with van der Waals surface area (Å²) in [6, 6.07) is 4.39. The zero-order valence-electron chi connectivity index (χ0n) is 10.8. The van der Waals surface area contributed by atoms with Crippen LogP contribution in [-0.4, -0.2) is 14.9 Å². The molecule has 2 aromatic rings. The Morgan fingerprint density at radius 2 is 1.90 bits per heavy atom. The minimum atomic E-state index is -0.482. The van der Waals surface area contributed by atoms with E-state index in [4.69, 9.17) is 10.5 Å². The maximum atomic E-state index is 10.8. The lowest BCUT2D eigenvalue weighted by molar-refractivity contribution is -0.385. The van der Waals surface area contributed by atoms with E-state index in [1.54, 1.807) is 13.0 Å². The predicted octanol–water partition coefficient (Wildman–Crippen LogP) is 3.38. The quantitative estimate of drug-likeness (QED) is 0.603. The second kappa shape index (κ2) is 6.35. The Labute approximate surface area is 136 Å². The molecule has 0 saturated heterocycles. The van der Waals surface area contributed by atoms with E-state index in [1.807, 2.05) is 0 Å². The lowest BCUT2D eigenvalue weighted by Gasteiger charge is -2.10. The van der Waals surface area contributed by atoms with Gasteiger partial charge in [0, 0.05) is 23.9 Å². The predicted molar refractivity (Wildman–Crippen MR) is 84.0 cm³/mol. The van der Waals surface area contributed by atoms with Gasteiger partial charge >= 0.3 is 0 Å². The maximum absolute atomic E-state index is 10.8. The smallest absolute Gasteiger partial charge is 0.271 e. The molecule has 7 nitrogen and oxygen atoms in total. The first kappa shape index (κ1) is 15.6. The van der Waals surface area contributed by atoms with E-state index >= 15 is 0 Å². The molecule has 0 radical (unpaired) electrons. The number of nitrogen functional groups attached to an aromatic ring is 1. The summed E-state index contributed by atoms with van der Waals surface area (Å²) >= 11 is 6.49. The van der Waals surface area contributed by atoms with Crippen LogP contribution in [0.4, 0.5) is 11.5 Å². The van der Waals surface area contributed by atoms with Crippen molar-refractivity contribution < 1.29 is 9.66 Å². The zero-order valence-corrected chi connectivity index (χ0v) is 14.0. The number of nitrogens with zero attached hydrogens (tertiary/aromatic N) is 3. The molecule has 0 amide bonds. The highest BCUT2D eigenvalue weighted by molar-refractivity contribution is 9.11. The summed E-state index contributed by atoms with van der Waals surface area (Å²) in [6.45, 7) is 1.90. The molecule has 9 heteroatoms. The highest BCUT2D eigenvalue weighted by atomic mass is 79.9. The molecule has 0 unspecified atom stereocenters. The van der Waals surface area contributed by atoms with Crippen LogP contribution in [0.3, 0.4) is 0 Å². The molecule has 21 heavy (non-hydrogen) atoms. The molecule has 1 aromatic heterocycles. The maximum Gasteiger partial charge on any atom is 0.271 e. The van der Waals surface area contributed by atoms with Crippen LogP contribution in [0.1, 0.15) is 11.5 Å². The van der Waals surface area contributed by atoms with Crippen molar-refractivity contribution in [1.29, 1.82) is 0 Å². The summed E-state index contributed by atoms with van der Waals surface area (Å²) in [5.74, 6) is 1.23. The third-order valence-electron chi connectivity index (χ3n) is 2.46. The van der Waals surface area contributed by atoms with E-state index < -0.39 is 4.92 Å². The first-order valence-electron chi connectivity index (χ1n) is 5.73. The fourth-order valence-electron chi connectivity index (χ4n) is 1.65. The van der Waals surface area contributed by atoms with Gasteiger partial charge in [-0.25, -0.2) is 9.97 Å². The summed E-state index contributed by atoms with van der Waals surface area (Å²) in [5, 5.41) is 10.8. The van der Waals surface area contributed by atoms with Crippen LogP contribution in [0.5, 0.6) is 5.75 Å². The van der Waals surface area contributed by atoms with E-state index in [9.17, 15) is 10.1 Å². The molecular formula is C12H10Br2N4O3. The minimum absolute atomic E-state index is 0.0443. The molecule has 0 aliphatic heterocycles. The Morgan fingerprint density at radius 3 is 2.43 bits per heavy atom. The summed E-state index contributed by atoms with van der Waals surface area (Å²) in [4.78, 5) is 18.5. The fraction of sp³-hybridized carbons (Fsp3) is 0.167. The van der Waals surface area contributed by atoms with E-state index in [0.29, 0.717) is 26.3 Å². The second-order valence-electron chi connectivity index (χ2n) is 4.13. The Hall–Kier alpha value is -1.74. The van der Waals surface area contributed by atoms with Crippen molar-refractivity contribution in [3.8, 4) is 5.75 Å². The molecule has 0 spiro atoms. The average molecular weight is 418 g/mol. The number of nitro benzene ring substituents is 1. The second-order valence-corrected chi connectivity index (χ2v) is 5.84. The topological polar surface area (TPSA) is 104 Å². The molecule has 0 fully saturated rings. The van der Waals surface area contributed by atoms with Crippen LogP contribution in [-0.2, 0) is 6.61 Å². The van der Waals surface area contributed by atoms with Gasteiger partial charge in [0.05, 0.1) is 13.9 Å². The van der Waals surface area contributed by atoms with Crippen LogP contribution >= 0.6 is 31.9 Å². The van der Waals surface area contributed by atoms with E-state index in [-0.39, 0.29) is 12.3 Å². The normalized spacial score (nSPS) is 10.4. The Bertz CT molecular complexity index is 666. The standard InChI is InChI=1S/C12H10Br2N4O3/c1-6-2-10(15)17-11(16-6)5-21-12-8(13)3-7(18(19)20)4-9(12)14/h2-4H,5H2,1H3,(H2,15,16,17). The Balaban J connectivity index is 2.22. The average Bonchev–Trinajstić information content (AvgIpc) is 2.36. The molecule has 0 atom stereocenters. The molecule has 0 aliphatic carbocycles. The van der Waals surface area contributed by atoms with Crippen molar-refractivity contribution in [2.24, 2.45) is 0 Å². The fourth-order valence-corrected chi connectivity index (χ4v) is 3.04. The molecule has 1 heterocycles. The number of nitrogens with two attached hydrogens (primary N) is 1. The molecular weight excluding hydrogens is 408 g/mol. The van der Waals surface area contributed by atoms with Gasteiger partial charge in [-0.15, -0.1) is 0 Å². The Kier molecular flexibility index (Phi) is 4.73. The first-order chi connectivity index (χ1) is 9.86. The number of hydrogen-bond acceptors (Lipinski definition) is 6.